The number of sulfonamides is 1. The molecule has 2 saturated heterocycles. The molecule has 0 saturated carbocycles. The molecule has 2 aliphatic heterocycles. The van der Waals surface area contributed by atoms with Crippen molar-refractivity contribution in [2.24, 2.45) is 5.92 Å². The van der Waals surface area contributed by atoms with Crippen LogP contribution in [0.1, 0.15) is 18.4 Å². The second-order valence-corrected chi connectivity index (χ2v) is 11.1. The highest BCUT2D eigenvalue weighted by atomic mass is 79.9. The molecule has 31 heavy (non-hydrogen) atoms. The fraction of sp³-hybridized carbons (Fsp3) is 0.435. The molecular formula is C23H28BrN3O3S. The fourth-order valence-corrected chi connectivity index (χ4v) is 6.06. The smallest absolute Gasteiger partial charge is 0.243 e. The third-order valence-electron chi connectivity index (χ3n) is 6.19. The summed E-state index contributed by atoms with van der Waals surface area (Å²) in [6, 6.07) is 17.1. The van der Waals surface area contributed by atoms with Crippen LogP contribution in [0.4, 0.5) is 0 Å². The Balaban J connectivity index is 1.27. The maximum absolute atomic E-state index is 13.0. The van der Waals surface area contributed by atoms with Crippen LogP contribution in [0.3, 0.4) is 0 Å². The zero-order valence-corrected chi connectivity index (χ0v) is 19.9. The molecular weight excluding hydrogens is 478 g/mol. The second-order valence-electron chi connectivity index (χ2n) is 8.22. The van der Waals surface area contributed by atoms with Gasteiger partial charge in [0.25, 0.3) is 0 Å². The molecule has 4 rings (SSSR count). The number of benzene rings is 2. The summed E-state index contributed by atoms with van der Waals surface area (Å²) in [5, 5.41) is 0. The van der Waals surface area contributed by atoms with Crippen molar-refractivity contribution in [2.45, 2.75) is 24.3 Å². The minimum atomic E-state index is -3.51. The molecule has 0 spiro atoms. The molecule has 0 aliphatic carbocycles. The molecule has 0 unspecified atom stereocenters. The van der Waals surface area contributed by atoms with Gasteiger partial charge in [0.15, 0.2) is 0 Å². The van der Waals surface area contributed by atoms with Gasteiger partial charge in [-0.25, -0.2) is 8.42 Å². The lowest BCUT2D eigenvalue weighted by Crippen LogP contribution is -2.51. The Hall–Kier alpha value is -1.74. The van der Waals surface area contributed by atoms with E-state index in [-0.39, 0.29) is 11.8 Å². The third kappa shape index (κ3) is 5.37. The predicted molar refractivity (Wildman–Crippen MR) is 124 cm³/mol. The van der Waals surface area contributed by atoms with Gasteiger partial charge >= 0.3 is 0 Å². The summed E-state index contributed by atoms with van der Waals surface area (Å²) >= 11 is 3.34. The van der Waals surface area contributed by atoms with E-state index in [9.17, 15) is 13.2 Å². The molecule has 1 amide bonds. The molecule has 0 atom stereocenters. The van der Waals surface area contributed by atoms with E-state index in [2.05, 4.69) is 45.1 Å². The van der Waals surface area contributed by atoms with E-state index in [1.165, 1.54) is 9.87 Å². The van der Waals surface area contributed by atoms with Crippen LogP contribution in [0.25, 0.3) is 0 Å². The highest BCUT2D eigenvalue weighted by molar-refractivity contribution is 9.10. The SMILES string of the molecule is O=C(C1CCN(S(=O)(=O)c2ccc(Br)cc2)CC1)N1CCN(Cc2ccccc2)CC1. The number of hydrogen-bond donors (Lipinski definition) is 0. The highest BCUT2D eigenvalue weighted by Gasteiger charge is 2.34. The van der Waals surface area contributed by atoms with E-state index >= 15 is 0 Å². The fourth-order valence-electron chi connectivity index (χ4n) is 4.32. The van der Waals surface area contributed by atoms with Gasteiger partial charge in [-0.3, -0.25) is 9.69 Å². The van der Waals surface area contributed by atoms with Crippen LogP contribution in [0, 0.1) is 5.92 Å². The van der Waals surface area contributed by atoms with Gasteiger partial charge in [-0.15, -0.1) is 0 Å². The van der Waals surface area contributed by atoms with Crippen molar-refractivity contribution in [2.75, 3.05) is 39.3 Å². The van der Waals surface area contributed by atoms with Crippen LogP contribution in [-0.4, -0.2) is 67.7 Å². The first kappa shape index (κ1) is 22.5. The Morgan fingerprint density at radius 1 is 0.871 bits per heavy atom. The Morgan fingerprint density at radius 3 is 2.10 bits per heavy atom. The number of piperazine rings is 1. The first-order valence-electron chi connectivity index (χ1n) is 10.7. The van der Waals surface area contributed by atoms with E-state index in [0.717, 1.165) is 37.2 Å². The summed E-state index contributed by atoms with van der Waals surface area (Å²) in [5.41, 5.74) is 1.29. The maximum Gasteiger partial charge on any atom is 0.243 e. The molecule has 0 N–H and O–H groups in total. The van der Waals surface area contributed by atoms with Crippen LogP contribution in [0.2, 0.25) is 0 Å². The molecule has 2 fully saturated rings. The lowest BCUT2D eigenvalue weighted by Gasteiger charge is -2.38. The van der Waals surface area contributed by atoms with Crippen LogP contribution in [0.15, 0.2) is 64.0 Å². The number of halogens is 1. The average molecular weight is 506 g/mol. The standard InChI is InChI=1S/C23H28BrN3O3S/c24-21-6-8-22(9-7-21)31(29,30)27-12-10-20(11-13-27)23(28)26-16-14-25(15-17-26)18-19-4-2-1-3-5-19/h1-9,20H,10-18H2. The average Bonchev–Trinajstić information content (AvgIpc) is 2.80. The van der Waals surface area contributed by atoms with Crippen molar-refractivity contribution in [1.29, 1.82) is 0 Å². The number of carbonyl (C=O) groups is 1. The van der Waals surface area contributed by atoms with E-state index in [1.807, 2.05) is 11.0 Å². The summed E-state index contributed by atoms with van der Waals surface area (Å²) in [4.78, 5) is 17.7. The van der Waals surface area contributed by atoms with Crippen molar-refractivity contribution in [3.63, 3.8) is 0 Å². The molecule has 2 aliphatic rings. The normalized spacial score (nSPS) is 19.5. The van der Waals surface area contributed by atoms with E-state index in [1.54, 1.807) is 24.3 Å². The zero-order valence-electron chi connectivity index (χ0n) is 17.5. The van der Waals surface area contributed by atoms with Crippen molar-refractivity contribution >= 4 is 31.9 Å². The minimum absolute atomic E-state index is 0.0861. The van der Waals surface area contributed by atoms with Gasteiger partial charge in [-0.1, -0.05) is 46.3 Å². The van der Waals surface area contributed by atoms with Crippen LogP contribution in [0.5, 0.6) is 0 Å². The third-order valence-corrected chi connectivity index (χ3v) is 8.63. The number of hydrogen-bond acceptors (Lipinski definition) is 4. The van der Waals surface area contributed by atoms with Gasteiger partial charge in [0.2, 0.25) is 15.9 Å². The summed E-state index contributed by atoms with van der Waals surface area (Å²) in [6.45, 7) is 4.92. The molecule has 0 radical (unpaired) electrons. The maximum atomic E-state index is 13.0. The first-order chi connectivity index (χ1) is 14.9. The summed E-state index contributed by atoms with van der Waals surface area (Å²) in [7, 11) is -3.51. The summed E-state index contributed by atoms with van der Waals surface area (Å²) < 4.78 is 28.1. The quantitative estimate of drug-likeness (QED) is 0.625. The monoisotopic (exact) mass is 505 g/mol. The number of carbonyl (C=O) groups excluding carboxylic acids is 1. The lowest BCUT2D eigenvalue weighted by atomic mass is 9.96. The Kier molecular flexibility index (Phi) is 7.11. The Bertz CT molecular complexity index is 982. The summed E-state index contributed by atoms with van der Waals surface area (Å²) in [5.74, 6) is 0.0945. The second kappa shape index (κ2) is 9.81. The van der Waals surface area contributed by atoms with E-state index in [4.69, 9.17) is 0 Å². The molecule has 2 heterocycles. The minimum Gasteiger partial charge on any atom is -0.340 e. The van der Waals surface area contributed by atoms with Gasteiger partial charge in [0, 0.05) is 56.2 Å². The highest BCUT2D eigenvalue weighted by Crippen LogP contribution is 2.26. The van der Waals surface area contributed by atoms with Gasteiger partial charge in [-0.05, 0) is 42.7 Å². The zero-order chi connectivity index (χ0) is 21.8. The molecule has 0 bridgehead atoms. The van der Waals surface area contributed by atoms with E-state index in [0.29, 0.717) is 30.8 Å². The van der Waals surface area contributed by atoms with Crippen molar-refractivity contribution in [3.8, 4) is 0 Å². The topological polar surface area (TPSA) is 60.9 Å². The number of nitrogens with zero attached hydrogens (tertiary/aromatic N) is 3. The largest absolute Gasteiger partial charge is 0.340 e. The Labute approximate surface area is 193 Å². The van der Waals surface area contributed by atoms with Crippen LogP contribution >= 0.6 is 15.9 Å². The van der Waals surface area contributed by atoms with Crippen molar-refractivity contribution < 1.29 is 13.2 Å². The van der Waals surface area contributed by atoms with Crippen LogP contribution < -0.4 is 0 Å². The lowest BCUT2D eigenvalue weighted by molar-refractivity contribution is -0.138. The van der Waals surface area contributed by atoms with Crippen molar-refractivity contribution in [3.05, 3.63) is 64.6 Å². The predicted octanol–water partition coefficient (Wildman–Crippen LogP) is 3.19. The number of piperidine rings is 1. The van der Waals surface area contributed by atoms with Crippen molar-refractivity contribution in [1.82, 2.24) is 14.1 Å². The Morgan fingerprint density at radius 2 is 1.48 bits per heavy atom. The molecule has 2 aromatic rings. The molecule has 166 valence electrons. The van der Waals surface area contributed by atoms with Gasteiger partial charge in [0.05, 0.1) is 4.90 Å². The van der Waals surface area contributed by atoms with Crippen LogP contribution in [-0.2, 0) is 21.4 Å². The van der Waals surface area contributed by atoms with Gasteiger partial charge < -0.3 is 4.90 Å². The summed E-state index contributed by atoms with van der Waals surface area (Å²) in [6.07, 6.45) is 1.16. The van der Waals surface area contributed by atoms with E-state index < -0.39 is 10.0 Å². The number of amides is 1. The van der Waals surface area contributed by atoms with Gasteiger partial charge in [-0.2, -0.15) is 4.31 Å². The first-order valence-corrected chi connectivity index (χ1v) is 13.0. The molecule has 8 heteroatoms. The molecule has 0 aromatic heterocycles. The molecule has 2 aromatic carbocycles. The molecule has 6 nitrogen and oxygen atoms in total. The number of rotatable bonds is 5. The van der Waals surface area contributed by atoms with Gasteiger partial charge in [0.1, 0.15) is 0 Å².